The number of nitrogens with zero attached hydrogens (tertiary/aromatic N) is 6. The van der Waals surface area contributed by atoms with Gasteiger partial charge in [-0.2, -0.15) is 22.9 Å². The number of carbonyl (C=O) groups is 1. The molecule has 49 heavy (non-hydrogen) atoms. The number of nitrogens with one attached hydrogen (secondary N) is 1. The highest BCUT2D eigenvalue weighted by atomic mass is 35.5. The molecule has 0 bridgehead atoms. The molecule has 17 nitrogen and oxygen atoms in total. The molecule has 0 aliphatic carbocycles. The van der Waals surface area contributed by atoms with Gasteiger partial charge in [0.1, 0.15) is 25.2 Å². The van der Waals surface area contributed by atoms with Crippen LogP contribution in [0.2, 0.25) is 10.0 Å². The number of carboxylic acids is 1. The molecule has 0 aliphatic heterocycles. The molecule has 1 unspecified atom stereocenters. The van der Waals surface area contributed by atoms with Crippen molar-refractivity contribution in [3.63, 3.8) is 0 Å². The fraction of sp³-hybridized carbons (Fsp3) is 0.458. The van der Waals surface area contributed by atoms with Crippen molar-refractivity contribution in [1.82, 2.24) is 30.0 Å². The number of hydrogen-bond acceptors (Lipinski definition) is 13. The van der Waals surface area contributed by atoms with Crippen LogP contribution in [0.4, 0.5) is 24.7 Å². The van der Waals surface area contributed by atoms with Gasteiger partial charge in [-0.3, -0.25) is 25.0 Å². The molecule has 0 saturated heterocycles. The van der Waals surface area contributed by atoms with Gasteiger partial charge in [-0.15, -0.1) is 10.2 Å². The Morgan fingerprint density at radius 1 is 1.18 bits per heavy atom. The number of rotatable bonds is 7. The maximum Gasteiger partial charge on any atom is 0.416 e. The van der Waals surface area contributed by atoms with E-state index in [9.17, 15) is 42.3 Å². The smallest absolute Gasteiger partial charge is 0.416 e. The van der Waals surface area contributed by atoms with Crippen molar-refractivity contribution in [2.24, 2.45) is 0 Å². The molecule has 1 atom stereocenters. The number of carboxylic acid groups (broad SMARTS) is 1. The highest BCUT2D eigenvalue weighted by Crippen LogP contribution is 2.39. The van der Waals surface area contributed by atoms with Crippen molar-refractivity contribution in [3.8, 4) is 5.69 Å². The van der Waals surface area contributed by atoms with E-state index in [4.69, 9.17) is 44.8 Å². The predicted molar refractivity (Wildman–Crippen MR) is 182 cm³/mol. The SMILES string of the molecule is CSc1nnc(C(C)(C)C)c(=O)n1N.C[S+](C)C.Nc1c([N+](=O)[O-])cnn1-c1c(Cl)cc(C(F)(F)F)cc1Cl.O=C(O)CNCP(=O)([O-])O. The first-order valence-corrected chi connectivity index (χ1v) is 19.1. The number of benzene rings is 1. The zero-order valence-electron chi connectivity index (χ0n) is 27.0. The van der Waals surface area contributed by atoms with Gasteiger partial charge in [0.15, 0.2) is 0 Å². The third-order valence-electron chi connectivity index (χ3n) is 4.88. The Labute approximate surface area is 295 Å². The summed E-state index contributed by atoms with van der Waals surface area (Å²) in [7, 11) is -3.71. The van der Waals surface area contributed by atoms with Crippen molar-refractivity contribution < 1.29 is 42.3 Å². The van der Waals surface area contributed by atoms with Gasteiger partial charge in [0.25, 0.3) is 5.56 Å². The van der Waals surface area contributed by atoms with Crippen LogP contribution < -0.4 is 27.3 Å². The summed E-state index contributed by atoms with van der Waals surface area (Å²) in [4.78, 5) is 49.4. The van der Waals surface area contributed by atoms with E-state index < -0.39 is 54.6 Å². The minimum absolute atomic E-state index is 0.170. The summed E-state index contributed by atoms with van der Waals surface area (Å²) in [5, 5.41) is 31.7. The second kappa shape index (κ2) is 19.3. The molecule has 7 N–H and O–H groups in total. The third kappa shape index (κ3) is 16.0. The Hall–Kier alpha value is -3.11. The predicted octanol–water partition coefficient (Wildman–Crippen LogP) is 2.72. The second-order valence-corrected chi connectivity index (χ2v) is 16.3. The highest BCUT2D eigenvalue weighted by Gasteiger charge is 2.33. The van der Waals surface area contributed by atoms with Crippen molar-refractivity contribution in [3.05, 3.63) is 60.1 Å². The van der Waals surface area contributed by atoms with Gasteiger partial charge in [-0.05, 0) is 29.3 Å². The number of thioether (sulfide) groups is 1. The van der Waals surface area contributed by atoms with Gasteiger partial charge in [0, 0.05) is 5.41 Å². The summed E-state index contributed by atoms with van der Waals surface area (Å²) >= 11 is 12.8. The molecule has 0 radical (unpaired) electrons. The molecule has 1 aromatic carbocycles. The first-order valence-electron chi connectivity index (χ1n) is 12.9. The maximum absolute atomic E-state index is 12.6. The largest absolute Gasteiger partial charge is 0.778 e. The summed E-state index contributed by atoms with van der Waals surface area (Å²) in [6.45, 7) is 5.22. The van der Waals surface area contributed by atoms with Crippen LogP contribution in [0.25, 0.3) is 5.69 Å². The molecule has 276 valence electrons. The minimum Gasteiger partial charge on any atom is -0.778 e. The number of nitrogen functional groups attached to an aromatic ring is 2. The molecule has 2 heterocycles. The van der Waals surface area contributed by atoms with Gasteiger partial charge in [0.2, 0.25) is 11.0 Å². The standard InChI is InChI=1S/C10H5Cl2F3N4O2.C8H14N4OS.C3H8NO5P.C3H9S/c11-5-1-4(10(13,14)15)2-6(12)8(5)18-9(16)7(3-17-18)19(20)21;1-8(2,3)5-6(13)12(9)7(14-4)11-10-5;5-3(6)1-4-2-10(7,8)9;1-4(2)3/h1-3H,16H2;9H2,1-4H3;4H,1-2H2,(H,5,6)(H2,7,8,9);1-3H3/q;;;+1/p-1. The topological polar surface area (TPSA) is 270 Å². The second-order valence-electron chi connectivity index (χ2n) is 10.7. The van der Waals surface area contributed by atoms with E-state index in [2.05, 4.69) is 34.1 Å². The van der Waals surface area contributed by atoms with Crippen LogP contribution >= 0.6 is 42.6 Å². The molecule has 0 aliphatic rings. The summed E-state index contributed by atoms with van der Waals surface area (Å²) in [5.74, 6) is 4.00. The summed E-state index contributed by atoms with van der Waals surface area (Å²) in [6, 6.07) is 1.27. The average Bonchev–Trinajstić information content (AvgIpc) is 3.29. The maximum atomic E-state index is 12.6. The average molecular weight is 801 g/mol. The lowest BCUT2D eigenvalue weighted by Gasteiger charge is -2.16. The molecule has 25 heteroatoms. The van der Waals surface area contributed by atoms with E-state index in [1.165, 1.54) is 11.8 Å². The van der Waals surface area contributed by atoms with Crippen LogP contribution in [0.15, 0.2) is 28.3 Å². The van der Waals surface area contributed by atoms with E-state index in [-0.39, 0.29) is 26.7 Å². The fourth-order valence-corrected chi connectivity index (χ4v) is 4.34. The van der Waals surface area contributed by atoms with Gasteiger partial charge in [-0.1, -0.05) is 55.7 Å². The zero-order valence-corrected chi connectivity index (χ0v) is 31.0. The van der Waals surface area contributed by atoms with Crippen LogP contribution in [-0.2, 0) is 31.8 Å². The van der Waals surface area contributed by atoms with E-state index >= 15 is 0 Å². The van der Waals surface area contributed by atoms with Crippen LogP contribution in [0.5, 0.6) is 0 Å². The number of halogens is 5. The fourth-order valence-electron chi connectivity index (χ4n) is 2.90. The lowest BCUT2D eigenvalue weighted by molar-refractivity contribution is -0.383. The summed E-state index contributed by atoms with van der Waals surface area (Å²) < 4.78 is 49.6. The Morgan fingerprint density at radius 3 is 2.02 bits per heavy atom. The molecular formula is C24H35Cl2F3N9O8PS2. The third-order valence-corrected chi connectivity index (χ3v) is 6.73. The zero-order chi connectivity index (χ0) is 38.7. The van der Waals surface area contributed by atoms with E-state index in [1.54, 1.807) is 6.26 Å². The number of nitro groups is 1. The molecule has 0 fully saturated rings. The van der Waals surface area contributed by atoms with Crippen molar-refractivity contribution >= 4 is 70.9 Å². The summed E-state index contributed by atoms with van der Waals surface area (Å²) in [6.07, 6.45) is 3.88. The molecule has 3 rings (SSSR count). The molecule has 0 saturated carbocycles. The monoisotopic (exact) mass is 799 g/mol. The summed E-state index contributed by atoms with van der Waals surface area (Å²) in [5.41, 5.74) is 3.56. The Morgan fingerprint density at radius 2 is 1.67 bits per heavy atom. The van der Waals surface area contributed by atoms with E-state index in [0.29, 0.717) is 33.9 Å². The van der Waals surface area contributed by atoms with Crippen molar-refractivity contribution in [1.29, 1.82) is 0 Å². The van der Waals surface area contributed by atoms with Gasteiger partial charge in [-0.25, -0.2) is 4.68 Å². The lowest BCUT2D eigenvalue weighted by atomic mass is 9.93. The minimum atomic E-state index is -4.63. The van der Waals surface area contributed by atoms with Gasteiger partial charge in [0.05, 0.1) is 52.1 Å². The molecule has 3 aromatic rings. The van der Waals surface area contributed by atoms with Crippen LogP contribution in [0.3, 0.4) is 0 Å². The first-order chi connectivity index (χ1) is 22.1. The normalized spacial score (nSPS) is 12.4. The van der Waals surface area contributed by atoms with E-state index in [1.807, 2.05) is 26.1 Å². The van der Waals surface area contributed by atoms with Gasteiger partial charge >= 0.3 is 17.8 Å². The Kier molecular flexibility index (Phi) is 18.1. The van der Waals surface area contributed by atoms with Crippen LogP contribution in [0.1, 0.15) is 32.0 Å². The first kappa shape index (κ1) is 45.9. The van der Waals surface area contributed by atoms with Crippen molar-refractivity contribution in [2.75, 3.05) is 49.4 Å². The van der Waals surface area contributed by atoms with E-state index in [0.717, 1.165) is 15.6 Å². The number of aromatic nitrogens is 5. The van der Waals surface area contributed by atoms with Gasteiger partial charge < -0.3 is 31.0 Å². The number of anilines is 1. The number of hydrogen-bond donors (Lipinski definition) is 5. The molecular weight excluding hydrogens is 765 g/mol. The van der Waals surface area contributed by atoms with Crippen molar-refractivity contribution in [2.45, 2.75) is 37.5 Å². The molecule has 2 aromatic heterocycles. The van der Waals surface area contributed by atoms with Crippen LogP contribution in [-0.4, -0.2) is 83.4 Å². The Bertz CT molecular complexity index is 1680. The number of alkyl halides is 3. The molecule has 0 spiro atoms. The van der Waals surface area contributed by atoms with Crippen LogP contribution in [0, 0.1) is 10.1 Å². The lowest BCUT2D eigenvalue weighted by Crippen LogP contribution is -2.37. The number of aliphatic carboxylic acids is 1. The number of nitrogens with two attached hydrogens (primary N) is 2. The molecule has 0 amide bonds. The quantitative estimate of drug-likeness (QED) is 0.0574. The highest BCUT2D eigenvalue weighted by molar-refractivity contribution is 7.98. The Balaban J connectivity index is 0.000000712.